The first kappa shape index (κ1) is 12.1. The van der Waals surface area contributed by atoms with Crippen LogP contribution in [0.1, 0.15) is 49.2 Å². The van der Waals surface area contributed by atoms with E-state index in [0.29, 0.717) is 12.0 Å². The van der Waals surface area contributed by atoms with Crippen LogP contribution in [-0.2, 0) is 0 Å². The van der Waals surface area contributed by atoms with Crippen molar-refractivity contribution in [1.29, 1.82) is 0 Å². The van der Waals surface area contributed by atoms with Gasteiger partial charge in [-0.15, -0.1) is 0 Å². The zero-order valence-electron chi connectivity index (χ0n) is 11.1. The minimum Gasteiger partial charge on any atom is -0.305 e. The molecule has 1 saturated carbocycles. The number of rotatable bonds is 2. The van der Waals surface area contributed by atoms with Gasteiger partial charge in [-0.25, -0.2) is 9.97 Å². The molecule has 1 aliphatic heterocycles. The Kier molecular flexibility index (Phi) is 3.57. The van der Waals surface area contributed by atoms with Gasteiger partial charge in [0, 0.05) is 37.4 Å². The van der Waals surface area contributed by atoms with Crippen molar-refractivity contribution in [3.63, 3.8) is 0 Å². The maximum atomic E-state index is 4.81. The van der Waals surface area contributed by atoms with Gasteiger partial charge in [0.2, 0.25) is 0 Å². The van der Waals surface area contributed by atoms with Gasteiger partial charge in [0.05, 0.1) is 6.04 Å². The molecule has 4 heteroatoms. The van der Waals surface area contributed by atoms with Crippen LogP contribution in [-0.4, -0.2) is 41.5 Å². The van der Waals surface area contributed by atoms with Crippen molar-refractivity contribution in [2.45, 2.75) is 37.6 Å². The van der Waals surface area contributed by atoms with Gasteiger partial charge >= 0.3 is 0 Å². The minimum absolute atomic E-state index is 0.296. The molecule has 1 saturated heterocycles. The summed E-state index contributed by atoms with van der Waals surface area (Å²) in [5.74, 6) is 1.65. The van der Waals surface area contributed by atoms with E-state index in [2.05, 4.69) is 28.3 Å². The van der Waals surface area contributed by atoms with Crippen LogP contribution in [0.15, 0.2) is 12.3 Å². The van der Waals surface area contributed by atoms with Crippen LogP contribution in [0.5, 0.6) is 0 Å². The van der Waals surface area contributed by atoms with E-state index in [0.717, 1.165) is 25.5 Å². The molecule has 3 rings (SSSR count). The normalized spacial score (nSPS) is 26.6. The number of hydrogen-bond acceptors (Lipinski definition) is 4. The van der Waals surface area contributed by atoms with Crippen LogP contribution in [0.4, 0.5) is 0 Å². The molecule has 2 heterocycles. The van der Waals surface area contributed by atoms with Gasteiger partial charge in [-0.2, -0.15) is 0 Å². The molecule has 0 radical (unpaired) electrons. The molecule has 2 aliphatic rings. The number of piperazine rings is 1. The monoisotopic (exact) mass is 246 g/mol. The summed E-state index contributed by atoms with van der Waals surface area (Å²) < 4.78 is 0. The Hall–Kier alpha value is -1.00. The van der Waals surface area contributed by atoms with Crippen LogP contribution < -0.4 is 5.32 Å². The Morgan fingerprint density at radius 2 is 2.17 bits per heavy atom. The molecule has 1 unspecified atom stereocenters. The molecule has 1 atom stereocenters. The first-order chi connectivity index (χ1) is 8.83. The summed E-state index contributed by atoms with van der Waals surface area (Å²) in [5.41, 5.74) is 1.26. The summed E-state index contributed by atoms with van der Waals surface area (Å²) in [6.07, 6.45) is 7.25. The van der Waals surface area contributed by atoms with E-state index >= 15 is 0 Å². The Bertz CT molecular complexity index is 401. The summed E-state index contributed by atoms with van der Waals surface area (Å²) in [4.78, 5) is 11.6. The first-order valence-corrected chi connectivity index (χ1v) is 7.08. The van der Waals surface area contributed by atoms with Crippen LogP contribution >= 0.6 is 0 Å². The molecule has 4 nitrogen and oxygen atoms in total. The van der Waals surface area contributed by atoms with E-state index in [4.69, 9.17) is 4.98 Å². The highest BCUT2D eigenvalue weighted by atomic mass is 15.2. The van der Waals surface area contributed by atoms with Crippen LogP contribution in [0.25, 0.3) is 0 Å². The predicted octanol–water partition coefficient (Wildman–Crippen LogP) is 1.71. The molecule has 1 aromatic rings. The summed E-state index contributed by atoms with van der Waals surface area (Å²) in [7, 11) is 2.16. The number of hydrogen-bond donors (Lipinski definition) is 1. The fourth-order valence-electron chi connectivity index (χ4n) is 3.08. The highest BCUT2D eigenvalue weighted by Gasteiger charge is 2.23. The molecule has 0 spiro atoms. The largest absolute Gasteiger partial charge is 0.305 e. The van der Waals surface area contributed by atoms with Gasteiger partial charge in [0.1, 0.15) is 5.82 Å². The third-order valence-corrected chi connectivity index (χ3v) is 4.16. The average Bonchev–Trinajstić information content (AvgIpc) is 2.93. The smallest absolute Gasteiger partial charge is 0.146 e. The van der Waals surface area contributed by atoms with Crippen molar-refractivity contribution in [2.24, 2.45) is 0 Å². The third-order valence-electron chi connectivity index (χ3n) is 4.16. The van der Waals surface area contributed by atoms with Crippen molar-refractivity contribution < 1.29 is 0 Å². The zero-order valence-corrected chi connectivity index (χ0v) is 11.1. The lowest BCUT2D eigenvalue weighted by atomic mass is 10.0. The first-order valence-electron chi connectivity index (χ1n) is 7.08. The maximum absolute atomic E-state index is 4.81. The Morgan fingerprint density at radius 3 is 2.94 bits per heavy atom. The second-order valence-electron chi connectivity index (χ2n) is 5.59. The lowest BCUT2D eigenvalue weighted by Crippen LogP contribution is -2.44. The fraction of sp³-hybridized carbons (Fsp3) is 0.714. The average molecular weight is 246 g/mol. The fourth-order valence-corrected chi connectivity index (χ4v) is 3.08. The molecule has 98 valence electrons. The van der Waals surface area contributed by atoms with E-state index in [9.17, 15) is 0 Å². The molecular weight excluding hydrogens is 224 g/mol. The van der Waals surface area contributed by atoms with Gasteiger partial charge in [-0.05, 0) is 26.0 Å². The molecule has 1 N–H and O–H groups in total. The van der Waals surface area contributed by atoms with Crippen molar-refractivity contribution in [3.05, 3.63) is 23.8 Å². The molecule has 1 aromatic heterocycles. The van der Waals surface area contributed by atoms with Crippen LogP contribution in [0.2, 0.25) is 0 Å². The zero-order chi connectivity index (χ0) is 12.4. The van der Waals surface area contributed by atoms with Crippen molar-refractivity contribution in [1.82, 2.24) is 20.2 Å². The van der Waals surface area contributed by atoms with Crippen LogP contribution in [0, 0.1) is 0 Å². The summed E-state index contributed by atoms with van der Waals surface area (Å²) in [6, 6.07) is 2.40. The maximum Gasteiger partial charge on any atom is 0.146 e. The van der Waals surface area contributed by atoms with Crippen molar-refractivity contribution >= 4 is 0 Å². The molecule has 2 fully saturated rings. The van der Waals surface area contributed by atoms with Gasteiger partial charge in [-0.3, -0.25) is 0 Å². The Morgan fingerprint density at radius 1 is 1.33 bits per heavy atom. The third kappa shape index (κ3) is 2.54. The topological polar surface area (TPSA) is 41.0 Å². The lowest BCUT2D eigenvalue weighted by Gasteiger charge is -2.30. The van der Waals surface area contributed by atoms with E-state index in [1.807, 2.05) is 6.20 Å². The minimum atomic E-state index is 0.296. The van der Waals surface area contributed by atoms with Crippen LogP contribution in [0.3, 0.4) is 0 Å². The molecule has 0 aromatic carbocycles. The van der Waals surface area contributed by atoms with Gasteiger partial charge in [0.15, 0.2) is 0 Å². The SMILES string of the molecule is CN1CCNC(c2nccc(C3CCCC3)n2)C1. The standard InChI is InChI=1S/C14H22N4/c1-18-9-8-15-13(10-18)14-16-7-6-12(17-14)11-4-2-3-5-11/h6-7,11,13,15H,2-5,8-10H2,1H3. The Balaban J connectivity index is 1.77. The second kappa shape index (κ2) is 5.33. The molecule has 0 amide bonds. The number of aromatic nitrogens is 2. The van der Waals surface area contributed by atoms with E-state index < -0.39 is 0 Å². The van der Waals surface area contributed by atoms with Gasteiger partial charge in [-0.1, -0.05) is 12.8 Å². The van der Waals surface area contributed by atoms with Gasteiger partial charge < -0.3 is 10.2 Å². The summed E-state index contributed by atoms with van der Waals surface area (Å²) in [6.45, 7) is 3.14. The number of nitrogens with one attached hydrogen (secondary N) is 1. The Labute approximate surface area is 109 Å². The molecular formula is C14H22N4. The molecule has 1 aliphatic carbocycles. The van der Waals surface area contributed by atoms with Crippen molar-refractivity contribution in [2.75, 3.05) is 26.7 Å². The summed E-state index contributed by atoms with van der Waals surface area (Å²) >= 11 is 0. The summed E-state index contributed by atoms with van der Waals surface area (Å²) in [5, 5.41) is 3.52. The quantitative estimate of drug-likeness (QED) is 0.862. The van der Waals surface area contributed by atoms with E-state index in [-0.39, 0.29) is 0 Å². The number of likely N-dealkylation sites (N-methyl/N-ethyl adjacent to an activating group) is 1. The molecule has 0 bridgehead atoms. The molecule has 18 heavy (non-hydrogen) atoms. The lowest BCUT2D eigenvalue weighted by molar-refractivity contribution is 0.235. The second-order valence-corrected chi connectivity index (χ2v) is 5.59. The van der Waals surface area contributed by atoms with E-state index in [1.54, 1.807) is 0 Å². The van der Waals surface area contributed by atoms with Crippen molar-refractivity contribution in [3.8, 4) is 0 Å². The highest BCUT2D eigenvalue weighted by molar-refractivity contribution is 5.12. The number of nitrogens with zero attached hydrogens (tertiary/aromatic N) is 3. The van der Waals surface area contributed by atoms with E-state index in [1.165, 1.54) is 31.4 Å². The highest BCUT2D eigenvalue weighted by Crippen LogP contribution is 2.33. The predicted molar refractivity (Wildman–Crippen MR) is 71.5 cm³/mol. The van der Waals surface area contributed by atoms with Gasteiger partial charge in [0.25, 0.3) is 0 Å².